The van der Waals surface area contributed by atoms with E-state index in [2.05, 4.69) is 5.32 Å². The van der Waals surface area contributed by atoms with Gasteiger partial charge in [0.1, 0.15) is 0 Å². The van der Waals surface area contributed by atoms with Crippen LogP contribution >= 0.6 is 0 Å². The maximum absolute atomic E-state index is 11.9. The Balaban J connectivity index is 2.13. The zero-order chi connectivity index (χ0) is 13.6. The molecule has 3 nitrogen and oxygen atoms in total. The summed E-state index contributed by atoms with van der Waals surface area (Å²) in [5.74, 6) is 0.587. The maximum atomic E-state index is 11.9. The molecule has 1 fully saturated rings. The molecule has 0 bridgehead atoms. The van der Waals surface area contributed by atoms with Crippen molar-refractivity contribution < 1.29 is 18.0 Å². The molecule has 1 saturated carbocycles. The van der Waals surface area contributed by atoms with E-state index in [1.807, 2.05) is 0 Å². The van der Waals surface area contributed by atoms with Crippen LogP contribution in [0.15, 0.2) is 0 Å². The summed E-state index contributed by atoms with van der Waals surface area (Å²) in [6.45, 7) is 0.366. The number of alkyl halides is 3. The summed E-state index contributed by atoms with van der Waals surface area (Å²) < 4.78 is 35.7. The predicted molar refractivity (Wildman–Crippen MR) is 62.8 cm³/mol. The Kier molecular flexibility index (Phi) is 5.91. The number of hydrogen-bond donors (Lipinski definition) is 2. The second-order valence-electron chi connectivity index (χ2n) is 5.04. The van der Waals surface area contributed by atoms with Crippen molar-refractivity contribution in [2.75, 3.05) is 13.1 Å². The molecule has 0 aromatic carbocycles. The van der Waals surface area contributed by atoms with E-state index >= 15 is 0 Å². The van der Waals surface area contributed by atoms with Crippen molar-refractivity contribution in [2.45, 2.75) is 44.7 Å². The minimum absolute atomic E-state index is 0.268. The summed E-state index contributed by atoms with van der Waals surface area (Å²) in [5, 5.41) is 2.33. The second-order valence-corrected chi connectivity index (χ2v) is 5.04. The Morgan fingerprint density at radius 2 is 1.72 bits per heavy atom. The first-order chi connectivity index (χ1) is 8.40. The zero-order valence-electron chi connectivity index (χ0n) is 10.4. The number of hydrogen-bond acceptors (Lipinski definition) is 2. The summed E-state index contributed by atoms with van der Waals surface area (Å²) in [5.41, 5.74) is 5.57. The monoisotopic (exact) mass is 266 g/mol. The van der Waals surface area contributed by atoms with Crippen molar-refractivity contribution in [3.05, 3.63) is 0 Å². The molecule has 0 aromatic heterocycles. The Morgan fingerprint density at radius 3 is 2.22 bits per heavy atom. The van der Waals surface area contributed by atoms with Crippen LogP contribution in [0.4, 0.5) is 13.2 Å². The van der Waals surface area contributed by atoms with Gasteiger partial charge in [-0.25, -0.2) is 0 Å². The lowest BCUT2D eigenvalue weighted by Gasteiger charge is -2.27. The fourth-order valence-electron chi connectivity index (χ4n) is 2.35. The molecule has 1 amide bonds. The summed E-state index contributed by atoms with van der Waals surface area (Å²) >= 11 is 0. The SMILES string of the molecule is NCC1CCC(CC(=O)NCCC(F)(F)F)CC1. The minimum Gasteiger partial charge on any atom is -0.356 e. The highest BCUT2D eigenvalue weighted by Gasteiger charge is 2.27. The molecule has 0 spiro atoms. The molecule has 6 heteroatoms. The largest absolute Gasteiger partial charge is 0.390 e. The average Bonchev–Trinajstić information content (AvgIpc) is 2.28. The first-order valence-corrected chi connectivity index (χ1v) is 6.44. The van der Waals surface area contributed by atoms with E-state index in [-0.39, 0.29) is 12.5 Å². The Labute approximate surface area is 105 Å². The van der Waals surface area contributed by atoms with Crippen molar-refractivity contribution in [3.63, 3.8) is 0 Å². The van der Waals surface area contributed by atoms with E-state index in [4.69, 9.17) is 5.73 Å². The van der Waals surface area contributed by atoms with Crippen molar-refractivity contribution in [1.82, 2.24) is 5.32 Å². The standard InChI is InChI=1S/C12H21F3N2O/c13-12(14,15)5-6-17-11(18)7-9-1-3-10(8-16)4-2-9/h9-10H,1-8,16H2,(H,17,18). The molecule has 0 unspecified atom stereocenters. The fourth-order valence-corrected chi connectivity index (χ4v) is 2.35. The lowest BCUT2D eigenvalue weighted by Crippen LogP contribution is -2.30. The van der Waals surface area contributed by atoms with Gasteiger partial charge in [-0.15, -0.1) is 0 Å². The normalized spacial score (nSPS) is 24.9. The maximum Gasteiger partial charge on any atom is 0.390 e. The van der Waals surface area contributed by atoms with Gasteiger partial charge in [-0.1, -0.05) is 0 Å². The number of nitrogens with two attached hydrogens (primary N) is 1. The van der Waals surface area contributed by atoms with E-state index in [9.17, 15) is 18.0 Å². The van der Waals surface area contributed by atoms with Crippen LogP contribution < -0.4 is 11.1 Å². The molecule has 0 radical (unpaired) electrons. The van der Waals surface area contributed by atoms with Gasteiger partial charge in [0.25, 0.3) is 0 Å². The summed E-state index contributed by atoms with van der Waals surface area (Å²) in [7, 11) is 0. The molecule has 0 atom stereocenters. The molecule has 106 valence electrons. The molecule has 0 saturated heterocycles. The zero-order valence-corrected chi connectivity index (χ0v) is 10.4. The van der Waals surface area contributed by atoms with Crippen LogP contribution in [0.2, 0.25) is 0 Å². The highest BCUT2D eigenvalue weighted by molar-refractivity contribution is 5.76. The van der Waals surface area contributed by atoms with Gasteiger partial charge in [0.2, 0.25) is 5.91 Å². The molecular weight excluding hydrogens is 245 g/mol. The van der Waals surface area contributed by atoms with Gasteiger partial charge in [-0.3, -0.25) is 4.79 Å². The quantitative estimate of drug-likeness (QED) is 0.801. The van der Waals surface area contributed by atoms with Crippen LogP contribution in [0.25, 0.3) is 0 Å². The number of rotatable bonds is 5. The van der Waals surface area contributed by atoms with Gasteiger partial charge in [-0.2, -0.15) is 13.2 Å². The Morgan fingerprint density at radius 1 is 1.17 bits per heavy atom. The molecule has 1 rings (SSSR count). The highest BCUT2D eigenvalue weighted by Crippen LogP contribution is 2.30. The van der Waals surface area contributed by atoms with Crippen LogP contribution in [0.3, 0.4) is 0 Å². The van der Waals surface area contributed by atoms with Crippen molar-refractivity contribution in [3.8, 4) is 0 Å². The smallest absolute Gasteiger partial charge is 0.356 e. The highest BCUT2D eigenvalue weighted by atomic mass is 19.4. The molecule has 18 heavy (non-hydrogen) atoms. The fraction of sp³-hybridized carbons (Fsp3) is 0.917. The molecule has 0 aromatic rings. The van der Waals surface area contributed by atoms with Crippen molar-refractivity contribution in [2.24, 2.45) is 17.6 Å². The molecule has 1 aliphatic rings. The van der Waals surface area contributed by atoms with E-state index in [1.54, 1.807) is 0 Å². The average molecular weight is 266 g/mol. The van der Waals surface area contributed by atoms with Crippen LogP contribution in [0, 0.1) is 11.8 Å². The molecule has 1 aliphatic carbocycles. The number of carbonyl (C=O) groups is 1. The van der Waals surface area contributed by atoms with Crippen LogP contribution in [-0.4, -0.2) is 25.2 Å². The minimum atomic E-state index is -4.20. The van der Waals surface area contributed by atoms with E-state index in [0.717, 1.165) is 25.7 Å². The Bertz CT molecular complexity index is 261. The van der Waals surface area contributed by atoms with Gasteiger partial charge < -0.3 is 11.1 Å². The third-order valence-corrected chi connectivity index (χ3v) is 3.50. The number of halogens is 3. The molecule has 0 heterocycles. The van der Waals surface area contributed by atoms with E-state index in [1.165, 1.54) is 0 Å². The lowest BCUT2D eigenvalue weighted by atomic mass is 9.80. The van der Waals surface area contributed by atoms with E-state index < -0.39 is 12.6 Å². The van der Waals surface area contributed by atoms with Crippen LogP contribution in [-0.2, 0) is 4.79 Å². The second kappa shape index (κ2) is 6.97. The summed E-state index contributed by atoms with van der Waals surface area (Å²) in [6.07, 6.45) is -0.864. The Hall–Kier alpha value is -0.780. The molecular formula is C12H21F3N2O. The number of amides is 1. The van der Waals surface area contributed by atoms with Gasteiger partial charge in [0.05, 0.1) is 6.42 Å². The van der Waals surface area contributed by atoms with Crippen molar-refractivity contribution in [1.29, 1.82) is 0 Å². The van der Waals surface area contributed by atoms with Gasteiger partial charge in [0, 0.05) is 13.0 Å². The van der Waals surface area contributed by atoms with Gasteiger partial charge in [0.15, 0.2) is 0 Å². The first-order valence-electron chi connectivity index (χ1n) is 6.44. The van der Waals surface area contributed by atoms with Crippen LogP contribution in [0.5, 0.6) is 0 Å². The third-order valence-electron chi connectivity index (χ3n) is 3.50. The predicted octanol–water partition coefficient (Wildman–Crippen LogP) is 2.21. The first kappa shape index (κ1) is 15.3. The van der Waals surface area contributed by atoms with E-state index in [0.29, 0.717) is 24.8 Å². The lowest BCUT2D eigenvalue weighted by molar-refractivity contribution is -0.135. The number of carbonyl (C=O) groups excluding carboxylic acids is 1. The third kappa shape index (κ3) is 6.23. The molecule has 0 aliphatic heterocycles. The van der Waals surface area contributed by atoms with Gasteiger partial charge in [-0.05, 0) is 44.1 Å². The number of nitrogens with one attached hydrogen (secondary N) is 1. The van der Waals surface area contributed by atoms with Gasteiger partial charge >= 0.3 is 6.18 Å². The topological polar surface area (TPSA) is 55.1 Å². The molecule has 3 N–H and O–H groups in total. The van der Waals surface area contributed by atoms with Crippen molar-refractivity contribution >= 4 is 5.91 Å². The summed E-state index contributed by atoms with van der Waals surface area (Å²) in [4.78, 5) is 11.4. The van der Waals surface area contributed by atoms with Crippen LogP contribution in [0.1, 0.15) is 38.5 Å². The summed E-state index contributed by atoms with van der Waals surface area (Å²) in [6, 6.07) is 0.